The number of rotatable bonds is 10. The normalized spacial score (nSPS) is 25.9. The maximum atomic E-state index is 12.0. The Morgan fingerprint density at radius 3 is 2.61 bits per heavy atom. The number of fused-ring (bicyclic) bond motifs is 2. The monoisotopic (exact) mass is 387 g/mol. The average Bonchev–Trinajstić information content (AvgIpc) is 3.27. The molecule has 0 unspecified atom stereocenters. The number of aliphatic carboxylic acids is 1. The first kappa shape index (κ1) is 20.4. The lowest BCUT2D eigenvalue weighted by atomic mass is 9.77. The largest absolute Gasteiger partial charge is 0.481 e. The Morgan fingerprint density at radius 2 is 1.86 bits per heavy atom. The predicted octanol–water partition coefficient (Wildman–Crippen LogP) is 3.31. The summed E-state index contributed by atoms with van der Waals surface area (Å²) in [6.07, 6.45) is 9.54. The number of nitrogens with one attached hydrogen (secondary N) is 3. The highest BCUT2D eigenvalue weighted by Gasteiger charge is 2.47. The molecule has 0 aliphatic carbocycles. The molecule has 2 saturated heterocycles. The Labute approximate surface area is 165 Å². The van der Waals surface area contributed by atoms with Crippen LogP contribution in [-0.4, -0.2) is 35.9 Å². The number of benzene rings is 1. The lowest BCUT2D eigenvalue weighted by molar-refractivity contribution is -0.137. The van der Waals surface area contributed by atoms with E-state index in [-0.39, 0.29) is 18.6 Å². The van der Waals surface area contributed by atoms with Crippen LogP contribution in [0.15, 0.2) is 42.5 Å². The summed E-state index contributed by atoms with van der Waals surface area (Å²) in [6, 6.07) is 9.03. The van der Waals surface area contributed by atoms with E-state index in [0.717, 1.165) is 31.4 Å². The lowest BCUT2D eigenvalue weighted by Gasteiger charge is -2.27. The van der Waals surface area contributed by atoms with Crippen molar-refractivity contribution < 1.29 is 19.4 Å². The maximum absolute atomic E-state index is 12.0. The van der Waals surface area contributed by atoms with Crippen LogP contribution in [0.2, 0.25) is 0 Å². The fourth-order valence-electron chi connectivity index (χ4n) is 4.16. The number of unbranched alkanes of at least 4 members (excludes halogenated alkanes) is 1. The molecule has 2 amide bonds. The second-order valence-electron chi connectivity index (χ2n) is 7.44. The third-order valence-electron chi connectivity index (χ3n) is 5.50. The molecule has 1 aromatic rings. The summed E-state index contributed by atoms with van der Waals surface area (Å²) in [5, 5.41) is 11.4. The number of urea groups is 1. The highest BCUT2D eigenvalue weighted by atomic mass is 16.5. The van der Waals surface area contributed by atoms with Crippen molar-refractivity contribution in [3.05, 3.63) is 42.5 Å². The van der Waals surface area contributed by atoms with Crippen molar-refractivity contribution in [3.63, 3.8) is 0 Å². The van der Waals surface area contributed by atoms with Gasteiger partial charge in [-0.05, 0) is 50.2 Å². The van der Waals surface area contributed by atoms with Crippen molar-refractivity contribution in [2.75, 3.05) is 11.9 Å². The van der Waals surface area contributed by atoms with Crippen molar-refractivity contribution in [1.29, 1.82) is 0 Å². The van der Waals surface area contributed by atoms with Gasteiger partial charge in [-0.25, -0.2) is 10.2 Å². The van der Waals surface area contributed by atoms with Gasteiger partial charge in [0.1, 0.15) is 0 Å². The first-order valence-corrected chi connectivity index (χ1v) is 10.0. The van der Waals surface area contributed by atoms with E-state index in [1.165, 1.54) is 0 Å². The van der Waals surface area contributed by atoms with Crippen molar-refractivity contribution >= 4 is 17.7 Å². The summed E-state index contributed by atoms with van der Waals surface area (Å²) in [5.41, 5.74) is 6.50. The van der Waals surface area contributed by atoms with Gasteiger partial charge in [0.05, 0.1) is 12.2 Å². The SMILES string of the molecule is O=C(O)CCC/C=C/C[C@@H]1[C@H](CNNC(=O)Nc2ccccc2)[C@@H]2CC[C@H]1O2. The summed E-state index contributed by atoms with van der Waals surface area (Å²) in [7, 11) is 0. The molecular weight excluding hydrogens is 358 g/mol. The van der Waals surface area contributed by atoms with E-state index in [9.17, 15) is 9.59 Å². The van der Waals surface area contributed by atoms with Crippen LogP contribution in [0.25, 0.3) is 0 Å². The van der Waals surface area contributed by atoms with E-state index in [0.29, 0.717) is 30.9 Å². The number of ether oxygens (including phenoxy) is 1. The smallest absolute Gasteiger partial charge is 0.333 e. The number of carboxylic acid groups (broad SMARTS) is 1. The average molecular weight is 387 g/mol. The number of carbonyl (C=O) groups excluding carboxylic acids is 1. The third-order valence-corrected chi connectivity index (χ3v) is 5.50. The van der Waals surface area contributed by atoms with Gasteiger partial charge in [0.2, 0.25) is 0 Å². The van der Waals surface area contributed by atoms with Crippen LogP contribution in [0.4, 0.5) is 10.5 Å². The Balaban J connectivity index is 1.40. The molecule has 1 aromatic carbocycles. The van der Waals surface area contributed by atoms with E-state index in [4.69, 9.17) is 9.84 Å². The number of allylic oxidation sites excluding steroid dienone is 2. The zero-order valence-corrected chi connectivity index (χ0v) is 16.0. The van der Waals surface area contributed by atoms with Crippen molar-refractivity contribution in [2.45, 2.75) is 50.7 Å². The highest BCUT2D eigenvalue weighted by molar-refractivity contribution is 5.88. The summed E-state index contributed by atoms with van der Waals surface area (Å²) in [4.78, 5) is 22.5. The van der Waals surface area contributed by atoms with E-state index in [1.54, 1.807) is 0 Å². The summed E-state index contributed by atoms with van der Waals surface area (Å²) >= 11 is 0. The van der Waals surface area contributed by atoms with Crippen LogP contribution in [0, 0.1) is 11.8 Å². The number of amides is 2. The molecule has 2 fully saturated rings. The van der Waals surface area contributed by atoms with Gasteiger partial charge in [-0.2, -0.15) is 0 Å². The molecule has 2 heterocycles. The van der Waals surface area contributed by atoms with Crippen molar-refractivity contribution in [3.8, 4) is 0 Å². The second kappa shape index (κ2) is 10.2. The Kier molecular flexibility index (Phi) is 7.45. The van der Waals surface area contributed by atoms with E-state index in [2.05, 4.69) is 28.3 Å². The number of carbonyl (C=O) groups is 2. The molecule has 2 aliphatic rings. The molecule has 0 radical (unpaired) electrons. The predicted molar refractivity (Wildman–Crippen MR) is 107 cm³/mol. The van der Waals surface area contributed by atoms with Crippen LogP contribution < -0.4 is 16.2 Å². The van der Waals surface area contributed by atoms with Gasteiger partial charge in [-0.1, -0.05) is 30.4 Å². The quantitative estimate of drug-likeness (QED) is 0.280. The maximum Gasteiger partial charge on any atom is 0.333 e. The third kappa shape index (κ3) is 5.81. The Hall–Kier alpha value is -2.38. The summed E-state index contributed by atoms with van der Waals surface area (Å²) < 4.78 is 6.08. The van der Waals surface area contributed by atoms with E-state index < -0.39 is 5.97 Å². The molecule has 4 atom stereocenters. The molecule has 152 valence electrons. The minimum Gasteiger partial charge on any atom is -0.481 e. The fourth-order valence-corrected chi connectivity index (χ4v) is 4.16. The van der Waals surface area contributed by atoms with Gasteiger partial charge in [0.25, 0.3) is 0 Å². The van der Waals surface area contributed by atoms with Crippen LogP contribution in [0.3, 0.4) is 0 Å². The van der Waals surface area contributed by atoms with E-state index in [1.807, 2.05) is 30.3 Å². The van der Waals surface area contributed by atoms with Gasteiger partial charge in [-0.3, -0.25) is 10.2 Å². The first-order chi connectivity index (χ1) is 13.6. The number of anilines is 1. The zero-order chi connectivity index (χ0) is 19.8. The molecule has 3 rings (SSSR count). The minimum absolute atomic E-state index is 0.213. The minimum atomic E-state index is -0.746. The zero-order valence-electron chi connectivity index (χ0n) is 16.0. The molecule has 0 aromatic heterocycles. The molecule has 2 aliphatic heterocycles. The van der Waals surface area contributed by atoms with Crippen molar-refractivity contribution in [1.82, 2.24) is 10.9 Å². The van der Waals surface area contributed by atoms with Gasteiger partial charge in [-0.15, -0.1) is 0 Å². The Bertz CT molecular complexity index is 679. The van der Waals surface area contributed by atoms with Gasteiger partial charge in [0, 0.05) is 24.6 Å². The molecule has 0 spiro atoms. The number of para-hydroxylation sites is 1. The molecular formula is C21H29N3O4. The topological polar surface area (TPSA) is 99.7 Å². The second-order valence-corrected chi connectivity index (χ2v) is 7.44. The van der Waals surface area contributed by atoms with Crippen LogP contribution >= 0.6 is 0 Å². The fraction of sp³-hybridized carbons (Fsp3) is 0.524. The van der Waals surface area contributed by atoms with Gasteiger partial charge >= 0.3 is 12.0 Å². The molecule has 4 N–H and O–H groups in total. The number of hydrazine groups is 1. The van der Waals surface area contributed by atoms with Crippen LogP contribution in [0.1, 0.15) is 38.5 Å². The molecule has 2 bridgehead atoms. The Morgan fingerprint density at radius 1 is 1.11 bits per heavy atom. The van der Waals surface area contributed by atoms with Crippen molar-refractivity contribution in [2.24, 2.45) is 11.8 Å². The highest BCUT2D eigenvalue weighted by Crippen LogP contribution is 2.44. The number of hydrogen-bond acceptors (Lipinski definition) is 4. The van der Waals surface area contributed by atoms with Crippen LogP contribution in [-0.2, 0) is 9.53 Å². The molecule has 0 saturated carbocycles. The molecule has 28 heavy (non-hydrogen) atoms. The number of carboxylic acids is 1. The van der Waals surface area contributed by atoms with Gasteiger partial charge < -0.3 is 15.2 Å². The summed E-state index contributed by atoms with van der Waals surface area (Å²) in [6.45, 7) is 0.668. The number of hydrogen-bond donors (Lipinski definition) is 4. The first-order valence-electron chi connectivity index (χ1n) is 10.0. The lowest BCUT2D eigenvalue weighted by Crippen LogP contribution is -2.45. The molecule has 7 nitrogen and oxygen atoms in total. The van der Waals surface area contributed by atoms with Gasteiger partial charge in [0.15, 0.2) is 0 Å². The molecule has 7 heteroatoms. The summed E-state index contributed by atoms with van der Waals surface area (Å²) in [5.74, 6) is 0.0465. The van der Waals surface area contributed by atoms with E-state index >= 15 is 0 Å². The standard InChI is InChI=1S/C21H29N3O4/c25-20(26)11-7-2-1-6-10-16-17(19-13-12-18(16)28-19)14-22-24-21(27)23-15-8-4-3-5-9-15/h1,3-6,8-9,16-19,22H,2,7,10-14H2,(H,25,26)(H2,23,24,27)/b6-1+/t16-,17+,18-,19+/m1/s1. The van der Waals surface area contributed by atoms with Crippen LogP contribution in [0.5, 0.6) is 0 Å².